The van der Waals surface area contributed by atoms with Gasteiger partial charge in [-0.1, -0.05) is 35.3 Å². The Kier molecular flexibility index (Phi) is 5.16. The fourth-order valence-corrected chi connectivity index (χ4v) is 2.65. The van der Waals surface area contributed by atoms with Crippen molar-refractivity contribution < 1.29 is 9.18 Å². The van der Waals surface area contributed by atoms with Crippen LogP contribution in [0.3, 0.4) is 0 Å². The van der Waals surface area contributed by atoms with Gasteiger partial charge in [0.15, 0.2) is 0 Å². The maximum atomic E-state index is 13.2. The first-order valence-corrected chi connectivity index (χ1v) is 8.02. The number of benzene rings is 2. The van der Waals surface area contributed by atoms with E-state index >= 15 is 0 Å². The molecule has 1 amide bonds. The molecule has 3 rings (SSSR count). The number of halogens is 3. The molecule has 126 valence electrons. The van der Waals surface area contributed by atoms with Gasteiger partial charge in [-0.3, -0.25) is 9.78 Å². The number of nitrogens with one attached hydrogen (secondary N) is 2. The minimum atomic E-state index is -0.459. The molecule has 2 N–H and O–H groups in total. The SMILES string of the molecule is O=C(Nc1cccc(F)c1)c1cc(Nc2c(Cl)cccc2Cl)ccn1. The standard InChI is InChI=1S/C18H12Cl2FN3O/c19-14-5-2-6-15(20)17(14)23-13-7-8-22-16(10-13)18(25)24-12-4-1-3-11(21)9-12/h1-10H,(H,22,23)(H,24,25). The van der Waals surface area contributed by atoms with Crippen LogP contribution in [-0.4, -0.2) is 10.9 Å². The first kappa shape index (κ1) is 17.2. The molecule has 2 aromatic carbocycles. The number of para-hydroxylation sites is 1. The molecule has 0 fully saturated rings. The third-order valence-electron chi connectivity index (χ3n) is 3.31. The van der Waals surface area contributed by atoms with Crippen molar-refractivity contribution in [3.8, 4) is 0 Å². The van der Waals surface area contributed by atoms with E-state index in [2.05, 4.69) is 15.6 Å². The monoisotopic (exact) mass is 375 g/mol. The lowest BCUT2D eigenvalue weighted by Gasteiger charge is -2.11. The molecule has 7 heteroatoms. The van der Waals surface area contributed by atoms with Crippen LogP contribution in [0.2, 0.25) is 10.0 Å². The first-order chi connectivity index (χ1) is 12.0. The summed E-state index contributed by atoms with van der Waals surface area (Å²) in [6, 6.07) is 14.0. The molecule has 0 radical (unpaired) electrons. The fourth-order valence-electron chi connectivity index (χ4n) is 2.16. The van der Waals surface area contributed by atoms with E-state index in [0.29, 0.717) is 27.1 Å². The zero-order chi connectivity index (χ0) is 17.8. The molecular formula is C18H12Cl2FN3O. The van der Waals surface area contributed by atoms with Gasteiger partial charge in [-0.15, -0.1) is 0 Å². The average molecular weight is 376 g/mol. The Morgan fingerprint density at radius 1 is 0.960 bits per heavy atom. The molecule has 4 nitrogen and oxygen atoms in total. The van der Waals surface area contributed by atoms with Gasteiger partial charge in [-0.25, -0.2) is 4.39 Å². The molecule has 0 saturated carbocycles. The lowest BCUT2D eigenvalue weighted by atomic mass is 10.2. The second-order valence-corrected chi connectivity index (χ2v) is 5.93. The van der Waals surface area contributed by atoms with E-state index in [1.807, 2.05) is 0 Å². The van der Waals surface area contributed by atoms with E-state index in [1.165, 1.54) is 24.4 Å². The highest BCUT2D eigenvalue weighted by Gasteiger charge is 2.11. The molecule has 25 heavy (non-hydrogen) atoms. The number of hydrogen-bond donors (Lipinski definition) is 2. The molecule has 3 aromatic rings. The molecule has 1 aromatic heterocycles. The summed E-state index contributed by atoms with van der Waals surface area (Å²) in [5, 5.41) is 6.56. The summed E-state index contributed by atoms with van der Waals surface area (Å²) >= 11 is 12.3. The quantitative estimate of drug-likeness (QED) is 0.630. The van der Waals surface area contributed by atoms with E-state index in [1.54, 1.807) is 36.4 Å². The van der Waals surface area contributed by atoms with Gasteiger partial charge in [0.25, 0.3) is 5.91 Å². The van der Waals surface area contributed by atoms with Crippen LogP contribution in [0, 0.1) is 5.82 Å². The van der Waals surface area contributed by atoms with E-state index in [9.17, 15) is 9.18 Å². The molecule has 0 bridgehead atoms. The van der Waals surface area contributed by atoms with Crippen molar-refractivity contribution in [3.63, 3.8) is 0 Å². The van der Waals surface area contributed by atoms with Crippen LogP contribution in [0.25, 0.3) is 0 Å². The second kappa shape index (κ2) is 7.51. The number of carbonyl (C=O) groups excluding carboxylic acids is 1. The Balaban J connectivity index is 1.80. The molecule has 0 spiro atoms. The number of pyridine rings is 1. The normalized spacial score (nSPS) is 10.4. The minimum absolute atomic E-state index is 0.164. The van der Waals surface area contributed by atoms with Crippen molar-refractivity contribution in [2.45, 2.75) is 0 Å². The summed E-state index contributed by atoms with van der Waals surface area (Å²) < 4.78 is 13.2. The zero-order valence-corrected chi connectivity index (χ0v) is 14.3. The Hall–Kier alpha value is -2.63. The predicted octanol–water partition coefficient (Wildman–Crippen LogP) is 5.52. The van der Waals surface area contributed by atoms with Gasteiger partial charge < -0.3 is 10.6 Å². The number of amides is 1. The maximum absolute atomic E-state index is 13.2. The smallest absolute Gasteiger partial charge is 0.274 e. The van der Waals surface area contributed by atoms with Crippen LogP contribution in [0.15, 0.2) is 60.8 Å². The molecule has 1 heterocycles. The van der Waals surface area contributed by atoms with Crippen molar-refractivity contribution in [2.24, 2.45) is 0 Å². The summed E-state index contributed by atoms with van der Waals surface area (Å²) in [4.78, 5) is 16.3. The lowest BCUT2D eigenvalue weighted by molar-refractivity contribution is 0.102. The largest absolute Gasteiger partial charge is 0.353 e. The summed E-state index contributed by atoms with van der Waals surface area (Å²) in [5.74, 6) is -0.894. The molecule has 0 aliphatic rings. The van der Waals surface area contributed by atoms with Crippen molar-refractivity contribution in [1.29, 1.82) is 0 Å². The summed E-state index contributed by atoms with van der Waals surface area (Å²) in [7, 11) is 0. The highest BCUT2D eigenvalue weighted by atomic mass is 35.5. The lowest BCUT2D eigenvalue weighted by Crippen LogP contribution is -2.14. The first-order valence-electron chi connectivity index (χ1n) is 7.27. The van der Waals surface area contributed by atoms with Crippen molar-refractivity contribution in [1.82, 2.24) is 4.98 Å². The van der Waals surface area contributed by atoms with Crippen LogP contribution >= 0.6 is 23.2 Å². The van der Waals surface area contributed by atoms with E-state index in [4.69, 9.17) is 23.2 Å². The maximum Gasteiger partial charge on any atom is 0.274 e. The third-order valence-corrected chi connectivity index (χ3v) is 3.94. The van der Waals surface area contributed by atoms with Crippen LogP contribution in [-0.2, 0) is 0 Å². The van der Waals surface area contributed by atoms with E-state index in [0.717, 1.165) is 0 Å². The van der Waals surface area contributed by atoms with Crippen molar-refractivity contribution in [2.75, 3.05) is 10.6 Å². The fraction of sp³-hybridized carbons (Fsp3) is 0. The van der Waals surface area contributed by atoms with Gasteiger partial charge in [0.2, 0.25) is 0 Å². The number of carbonyl (C=O) groups is 1. The Bertz CT molecular complexity index is 913. The number of rotatable bonds is 4. The van der Waals surface area contributed by atoms with Gasteiger partial charge in [-0.05, 0) is 42.5 Å². The van der Waals surface area contributed by atoms with Crippen LogP contribution in [0.5, 0.6) is 0 Å². The van der Waals surface area contributed by atoms with Crippen LogP contribution in [0.4, 0.5) is 21.5 Å². The average Bonchev–Trinajstić information content (AvgIpc) is 2.58. The highest BCUT2D eigenvalue weighted by Crippen LogP contribution is 2.32. The van der Waals surface area contributed by atoms with Crippen LogP contribution in [0.1, 0.15) is 10.5 Å². The number of anilines is 3. The van der Waals surface area contributed by atoms with Gasteiger partial charge in [-0.2, -0.15) is 0 Å². The van der Waals surface area contributed by atoms with Gasteiger partial charge in [0.05, 0.1) is 15.7 Å². The number of nitrogens with zero attached hydrogens (tertiary/aromatic N) is 1. The Labute approximate surface area is 153 Å². The van der Waals surface area contributed by atoms with Gasteiger partial charge in [0, 0.05) is 17.6 Å². The molecule has 0 aliphatic carbocycles. The third kappa shape index (κ3) is 4.26. The van der Waals surface area contributed by atoms with E-state index in [-0.39, 0.29) is 5.69 Å². The van der Waals surface area contributed by atoms with Crippen molar-refractivity contribution >= 4 is 46.2 Å². The Morgan fingerprint density at radius 3 is 2.40 bits per heavy atom. The number of aromatic nitrogens is 1. The topological polar surface area (TPSA) is 54.0 Å². The molecule has 0 saturated heterocycles. The molecule has 0 unspecified atom stereocenters. The summed E-state index contributed by atoms with van der Waals surface area (Å²) in [6.45, 7) is 0. The van der Waals surface area contributed by atoms with Gasteiger partial charge in [0.1, 0.15) is 11.5 Å². The predicted molar refractivity (Wildman–Crippen MR) is 98.3 cm³/mol. The van der Waals surface area contributed by atoms with Crippen LogP contribution < -0.4 is 10.6 Å². The minimum Gasteiger partial charge on any atom is -0.353 e. The Morgan fingerprint density at radius 2 is 1.68 bits per heavy atom. The van der Waals surface area contributed by atoms with Crippen molar-refractivity contribution in [3.05, 3.63) is 82.4 Å². The molecule has 0 aliphatic heterocycles. The summed E-state index contributed by atoms with van der Waals surface area (Å²) in [6.07, 6.45) is 1.48. The second-order valence-electron chi connectivity index (χ2n) is 5.12. The summed E-state index contributed by atoms with van der Waals surface area (Å²) in [5.41, 5.74) is 1.64. The highest BCUT2D eigenvalue weighted by molar-refractivity contribution is 6.39. The van der Waals surface area contributed by atoms with Gasteiger partial charge >= 0.3 is 0 Å². The molecule has 0 atom stereocenters. The number of hydrogen-bond acceptors (Lipinski definition) is 3. The van der Waals surface area contributed by atoms with E-state index < -0.39 is 11.7 Å². The molecular weight excluding hydrogens is 364 g/mol. The zero-order valence-electron chi connectivity index (χ0n) is 12.8.